The van der Waals surface area contributed by atoms with Crippen molar-refractivity contribution in [2.24, 2.45) is 0 Å². The van der Waals surface area contributed by atoms with Gasteiger partial charge in [-0.2, -0.15) is 0 Å². The lowest BCUT2D eigenvalue weighted by atomic mass is 9.86. The molecule has 1 saturated heterocycles. The predicted molar refractivity (Wildman–Crippen MR) is 97.2 cm³/mol. The summed E-state index contributed by atoms with van der Waals surface area (Å²) in [5.74, 6) is 0.376. The number of piperidine rings is 1. The third-order valence-electron chi connectivity index (χ3n) is 4.60. The monoisotopic (exact) mass is 369 g/mol. The van der Waals surface area contributed by atoms with E-state index in [0.29, 0.717) is 6.54 Å². The van der Waals surface area contributed by atoms with Crippen LogP contribution in [0.4, 0.5) is 0 Å². The second-order valence-corrected chi connectivity index (χ2v) is 8.55. The lowest BCUT2D eigenvalue weighted by Crippen LogP contribution is -2.53. The van der Waals surface area contributed by atoms with Crippen LogP contribution in [0.3, 0.4) is 0 Å². The molecule has 2 N–H and O–H groups in total. The highest BCUT2D eigenvalue weighted by atomic mass is 32.2. The first-order valence-electron chi connectivity index (χ1n) is 8.33. The Morgan fingerprint density at radius 3 is 2.52 bits per heavy atom. The Labute approximate surface area is 149 Å². The second-order valence-electron chi connectivity index (χ2n) is 6.52. The van der Waals surface area contributed by atoms with Crippen LogP contribution >= 0.6 is 0 Å². The number of hydrogen-bond acceptors (Lipinski definition) is 5. The fraction of sp³-hybridized carbons (Fsp3) is 0.588. The molecule has 0 bridgehead atoms. The van der Waals surface area contributed by atoms with Crippen molar-refractivity contribution in [1.29, 1.82) is 0 Å². The molecular formula is C17H27N3O4S. The summed E-state index contributed by atoms with van der Waals surface area (Å²) in [6, 6.07) is 7.38. The van der Waals surface area contributed by atoms with Crippen LogP contribution in [0.15, 0.2) is 24.3 Å². The molecule has 1 amide bonds. The number of methoxy groups -OCH3 is 1. The minimum atomic E-state index is -3.76. The number of amides is 1. The highest BCUT2D eigenvalue weighted by Gasteiger charge is 2.35. The molecule has 1 fully saturated rings. The highest BCUT2D eigenvalue weighted by Crippen LogP contribution is 2.28. The summed E-state index contributed by atoms with van der Waals surface area (Å²) in [5, 5.41) is 2.10. The van der Waals surface area contributed by atoms with E-state index in [4.69, 9.17) is 4.74 Å². The first kappa shape index (κ1) is 19.7. The smallest absolute Gasteiger partial charge is 0.241 e. The number of benzene rings is 1. The lowest BCUT2D eigenvalue weighted by molar-refractivity contribution is -0.127. The van der Waals surface area contributed by atoms with Crippen molar-refractivity contribution in [2.45, 2.75) is 30.6 Å². The van der Waals surface area contributed by atoms with Crippen molar-refractivity contribution in [3.05, 3.63) is 29.8 Å². The summed E-state index contributed by atoms with van der Waals surface area (Å²) in [6.07, 6.45) is 0.815. The number of carbonyl (C=O) groups is 1. The summed E-state index contributed by atoms with van der Waals surface area (Å²) in [4.78, 5) is 13.3. The Morgan fingerprint density at radius 1 is 1.32 bits per heavy atom. The molecule has 0 saturated carbocycles. The van der Waals surface area contributed by atoms with E-state index in [1.54, 1.807) is 21.2 Å². The van der Waals surface area contributed by atoms with Crippen LogP contribution in [0.5, 0.6) is 5.75 Å². The largest absolute Gasteiger partial charge is 0.497 e. The van der Waals surface area contributed by atoms with Crippen LogP contribution in [-0.4, -0.2) is 64.8 Å². The highest BCUT2D eigenvalue weighted by molar-refractivity contribution is 7.90. The standard InChI is InChI=1S/C17H27N3O4S/c1-12(17(21)20(2)3)25(22,23)19-16-11-18-10-9-15(16)13-5-7-14(24-4)8-6-13/h5-8,12,15-16,18-19H,9-11H2,1-4H3. The van der Waals surface area contributed by atoms with Gasteiger partial charge >= 0.3 is 0 Å². The Kier molecular flexibility index (Phi) is 6.42. The van der Waals surface area contributed by atoms with E-state index in [9.17, 15) is 13.2 Å². The van der Waals surface area contributed by atoms with E-state index in [0.717, 1.165) is 24.3 Å². The summed E-state index contributed by atoms with van der Waals surface area (Å²) < 4.78 is 33.1. The summed E-state index contributed by atoms with van der Waals surface area (Å²) in [7, 11) is 0.951. The number of hydrogen-bond donors (Lipinski definition) is 2. The predicted octanol–water partition coefficient (Wildman–Crippen LogP) is 0.537. The van der Waals surface area contributed by atoms with Gasteiger partial charge in [0.2, 0.25) is 15.9 Å². The number of sulfonamides is 1. The van der Waals surface area contributed by atoms with Crippen LogP contribution in [0.25, 0.3) is 0 Å². The van der Waals surface area contributed by atoms with Crippen molar-refractivity contribution in [3.63, 3.8) is 0 Å². The van der Waals surface area contributed by atoms with Gasteiger partial charge in [-0.05, 0) is 37.6 Å². The summed E-state index contributed by atoms with van der Waals surface area (Å²) >= 11 is 0. The van der Waals surface area contributed by atoms with Gasteiger partial charge in [0.15, 0.2) is 5.25 Å². The summed E-state index contributed by atoms with van der Waals surface area (Å²) in [6.45, 7) is 2.77. The van der Waals surface area contributed by atoms with Gasteiger partial charge < -0.3 is 15.0 Å². The SMILES string of the molecule is COc1ccc(C2CCNCC2NS(=O)(=O)C(C)C(=O)N(C)C)cc1. The molecule has 0 aliphatic carbocycles. The van der Waals surface area contributed by atoms with E-state index in [1.807, 2.05) is 24.3 Å². The topological polar surface area (TPSA) is 87.7 Å². The zero-order valence-electron chi connectivity index (χ0n) is 15.2. The molecule has 0 radical (unpaired) electrons. The van der Waals surface area contributed by atoms with Crippen LogP contribution in [-0.2, 0) is 14.8 Å². The fourth-order valence-corrected chi connectivity index (χ4v) is 4.39. The number of carbonyl (C=O) groups excluding carboxylic acids is 1. The third kappa shape index (κ3) is 4.71. The van der Waals surface area contributed by atoms with Crippen LogP contribution < -0.4 is 14.8 Å². The second kappa shape index (κ2) is 8.16. The van der Waals surface area contributed by atoms with Gasteiger partial charge in [0.25, 0.3) is 0 Å². The van der Waals surface area contributed by atoms with Gasteiger partial charge in [0, 0.05) is 32.6 Å². The summed E-state index contributed by atoms with van der Waals surface area (Å²) in [5.41, 5.74) is 1.06. The Bertz CT molecular complexity index is 688. The molecule has 25 heavy (non-hydrogen) atoms. The maximum atomic E-state index is 12.6. The normalized spacial score (nSPS) is 22.2. The van der Waals surface area contributed by atoms with E-state index >= 15 is 0 Å². The zero-order valence-corrected chi connectivity index (χ0v) is 16.0. The molecular weight excluding hydrogens is 342 g/mol. The average Bonchev–Trinajstić information content (AvgIpc) is 2.60. The van der Waals surface area contributed by atoms with E-state index in [2.05, 4.69) is 10.0 Å². The van der Waals surface area contributed by atoms with Crippen LogP contribution in [0.1, 0.15) is 24.8 Å². The van der Waals surface area contributed by atoms with Gasteiger partial charge in [0.05, 0.1) is 7.11 Å². The molecule has 2 rings (SSSR count). The van der Waals surface area contributed by atoms with Gasteiger partial charge in [-0.3, -0.25) is 4.79 Å². The molecule has 7 nitrogen and oxygen atoms in total. The van der Waals surface area contributed by atoms with Crippen molar-refractivity contribution >= 4 is 15.9 Å². The van der Waals surface area contributed by atoms with E-state index < -0.39 is 21.2 Å². The first-order chi connectivity index (χ1) is 11.8. The Hall–Kier alpha value is -1.64. The van der Waals surface area contributed by atoms with Crippen LogP contribution in [0, 0.1) is 0 Å². The minimum absolute atomic E-state index is 0.0450. The van der Waals surface area contributed by atoms with Gasteiger partial charge in [-0.15, -0.1) is 0 Å². The molecule has 1 aromatic carbocycles. The van der Waals surface area contributed by atoms with Crippen molar-refractivity contribution < 1.29 is 17.9 Å². The minimum Gasteiger partial charge on any atom is -0.497 e. The van der Waals surface area contributed by atoms with Crippen LogP contribution in [0.2, 0.25) is 0 Å². The van der Waals surface area contributed by atoms with Gasteiger partial charge in [-0.1, -0.05) is 12.1 Å². The molecule has 0 spiro atoms. The number of nitrogens with zero attached hydrogens (tertiary/aromatic N) is 1. The maximum Gasteiger partial charge on any atom is 0.241 e. The van der Waals surface area contributed by atoms with E-state index in [1.165, 1.54) is 11.8 Å². The van der Waals surface area contributed by atoms with Crippen molar-refractivity contribution in [3.8, 4) is 5.75 Å². The van der Waals surface area contributed by atoms with Gasteiger partial charge in [-0.25, -0.2) is 13.1 Å². The molecule has 1 aliphatic rings. The average molecular weight is 369 g/mol. The quantitative estimate of drug-likeness (QED) is 0.764. The maximum absolute atomic E-state index is 12.6. The van der Waals surface area contributed by atoms with Gasteiger partial charge in [0.1, 0.15) is 5.75 Å². The first-order valence-corrected chi connectivity index (χ1v) is 9.88. The fourth-order valence-electron chi connectivity index (χ4n) is 3.04. The van der Waals surface area contributed by atoms with Crippen molar-refractivity contribution in [1.82, 2.24) is 14.9 Å². The lowest BCUT2D eigenvalue weighted by Gasteiger charge is -2.33. The molecule has 0 aromatic heterocycles. The molecule has 3 unspecified atom stereocenters. The molecule has 1 aromatic rings. The molecule has 1 heterocycles. The molecule has 140 valence electrons. The Morgan fingerprint density at radius 2 is 1.96 bits per heavy atom. The third-order valence-corrected chi connectivity index (χ3v) is 6.36. The number of ether oxygens (including phenoxy) is 1. The molecule has 1 aliphatic heterocycles. The van der Waals surface area contributed by atoms with Crippen molar-refractivity contribution in [2.75, 3.05) is 34.3 Å². The Balaban J connectivity index is 2.18. The van der Waals surface area contributed by atoms with E-state index in [-0.39, 0.29) is 12.0 Å². The number of rotatable bonds is 6. The molecule has 8 heteroatoms. The molecule has 3 atom stereocenters. The zero-order chi connectivity index (χ0) is 18.6. The number of nitrogens with one attached hydrogen (secondary N) is 2.